The summed E-state index contributed by atoms with van der Waals surface area (Å²) in [5.74, 6) is 0. The van der Waals surface area contributed by atoms with Crippen LogP contribution in [0.15, 0.2) is 223 Å². The predicted molar refractivity (Wildman–Crippen MR) is 262 cm³/mol. The van der Waals surface area contributed by atoms with Gasteiger partial charge in [0.2, 0.25) is 0 Å². The molecule has 1 aliphatic rings. The van der Waals surface area contributed by atoms with Crippen molar-refractivity contribution >= 4 is 66.8 Å². The van der Waals surface area contributed by atoms with Gasteiger partial charge in [0.05, 0.1) is 6.04 Å². The van der Waals surface area contributed by atoms with E-state index in [1.807, 2.05) is 0 Å². The highest BCUT2D eigenvalue weighted by Gasteiger charge is 2.26. The summed E-state index contributed by atoms with van der Waals surface area (Å²) in [6, 6.07) is 79.4. The molecule has 1 unspecified atom stereocenters. The summed E-state index contributed by atoms with van der Waals surface area (Å²) in [6.45, 7) is 0. The molecule has 1 atom stereocenters. The first-order valence-electron chi connectivity index (χ1n) is 21.5. The maximum absolute atomic E-state index is 6.76. The average molecular weight is 792 g/mol. The molecule has 0 bridgehead atoms. The van der Waals surface area contributed by atoms with Crippen molar-refractivity contribution in [2.45, 2.75) is 12.5 Å². The first-order chi connectivity index (χ1) is 30.7. The van der Waals surface area contributed by atoms with Crippen LogP contribution in [0.5, 0.6) is 0 Å². The maximum Gasteiger partial charge on any atom is 0.136 e. The average Bonchev–Trinajstić information content (AvgIpc) is 3.70. The van der Waals surface area contributed by atoms with Crippen LogP contribution in [-0.4, -0.2) is 6.04 Å². The van der Waals surface area contributed by atoms with Crippen molar-refractivity contribution in [1.29, 1.82) is 0 Å². The lowest BCUT2D eigenvalue weighted by molar-refractivity contribution is 0.568. The molecule has 1 aromatic heterocycles. The zero-order chi connectivity index (χ0) is 41.0. The Hall–Kier alpha value is -7.94. The summed E-state index contributed by atoms with van der Waals surface area (Å²) in [6.07, 6.45) is 5.55. The predicted octanol–water partition coefficient (Wildman–Crippen LogP) is 14.7. The van der Waals surface area contributed by atoms with Gasteiger partial charge in [-0.05, 0) is 120 Å². The van der Waals surface area contributed by atoms with E-state index in [2.05, 4.69) is 235 Å². The zero-order valence-corrected chi connectivity index (χ0v) is 34.1. The fourth-order valence-electron chi connectivity index (χ4n) is 9.89. The van der Waals surface area contributed by atoms with Crippen molar-refractivity contribution in [3.63, 3.8) is 0 Å². The van der Waals surface area contributed by atoms with Gasteiger partial charge in [-0.2, -0.15) is 0 Å². The molecule has 0 aliphatic heterocycles. The van der Waals surface area contributed by atoms with Crippen molar-refractivity contribution < 1.29 is 4.42 Å². The molecule has 0 saturated heterocycles. The van der Waals surface area contributed by atoms with Gasteiger partial charge in [-0.3, -0.25) is 0 Å². The molecule has 0 spiro atoms. The van der Waals surface area contributed by atoms with Crippen LogP contribution in [0.1, 0.15) is 6.42 Å². The summed E-state index contributed by atoms with van der Waals surface area (Å²) >= 11 is 0. The Kier molecular flexibility index (Phi) is 8.67. The van der Waals surface area contributed by atoms with E-state index in [9.17, 15) is 0 Å². The Bertz CT molecular complexity index is 3640. The molecule has 12 rings (SSSR count). The first-order valence-corrected chi connectivity index (χ1v) is 21.5. The van der Waals surface area contributed by atoms with E-state index in [0.29, 0.717) is 0 Å². The van der Waals surface area contributed by atoms with E-state index < -0.39 is 0 Å². The largest absolute Gasteiger partial charge is 0.456 e. The lowest BCUT2D eigenvalue weighted by atomic mass is 9.88. The SMILES string of the molecule is C1=c2oc3cc4ccccc4cc3c2=CCC1N(c1cccc(-c2ccccc2-c2ccccc2)c1)c1ccccc1-c1ccccc1-c1cc2ccccc2c2ccccc12. The van der Waals surface area contributed by atoms with Crippen LogP contribution in [-0.2, 0) is 0 Å². The van der Waals surface area contributed by atoms with Crippen molar-refractivity contribution in [3.05, 3.63) is 229 Å². The molecule has 11 aromatic rings. The summed E-state index contributed by atoms with van der Waals surface area (Å²) in [5, 5.41) is 9.76. The number of rotatable bonds is 7. The third kappa shape index (κ3) is 6.11. The minimum Gasteiger partial charge on any atom is -0.456 e. The van der Waals surface area contributed by atoms with Crippen LogP contribution in [0.3, 0.4) is 0 Å². The zero-order valence-electron chi connectivity index (χ0n) is 34.1. The molecule has 0 radical (unpaired) electrons. The van der Waals surface area contributed by atoms with Crippen LogP contribution in [0.2, 0.25) is 0 Å². The monoisotopic (exact) mass is 791 g/mol. The van der Waals surface area contributed by atoms with Gasteiger partial charge in [0, 0.05) is 27.5 Å². The van der Waals surface area contributed by atoms with Crippen LogP contribution in [0.4, 0.5) is 11.4 Å². The van der Waals surface area contributed by atoms with Gasteiger partial charge in [0.1, 0.15) is 11.0 Å². The summed E-state index contributed by atoms with van der Waals surface area (Å²) in [7, 11) is 0. The number of hydrogen-bond acceptors (Lipinski definition) is 2. The quantitative estimate of drug-likeness (QED) is 0.150. The minimum absolute atomic E-state index is 0.0353. The molecule has 2 nitrogen and oxygen atoms in total. The standard InChI is InChI=1S/C60H41NO/c1-2-17-40(18-3-1)47-24-8-9-25-48(47)43-22-16-23-45(35-43)61(46-33-34-55-57-36-41-19-4-5-20-42(41)38-59(57)62-60(55)39-46)58-32-15-14-31-54(58)51-28-11-13-30-53(51)56-37-44-21-6-7-26-49(44)50-27-10-12-29-52(50)56/h1-32,34-39,46H,33H2. The number of fused-ring (bicyclic) bond motifs is 7. The van der Waals surface area contributed by atoms with Gasteiger partial charge in [0.15, 0.2) is 0 Å². The Morgan fingerprint density at radius 3 is 1.76 bits per heavy atom. The first kappa shape index (κ1) is 36.0. The van der Waals surface area contributed by atoms with E-state index >= 15 is 0 Å². The summed E-state index contributed by atoms with van der Waals surface area (Å²) < 4.78 is 6.76. The number of furan rings is 1. The molecule has 62 heavy (non-hydrogen) atoms. The molecule has 1 aliphatic carbocycles. The van der Waals surface area contributed by atoms with Gasteiger partial charge in [-0.15, -0.1) is 0 Å². The van der Waals surface area contributed by atoms with E-state index in [1.54, 1.807) is 0 Å². The third-order valence-electron chi connectivity index (χ3n) is 12.7. The second-order valence-corrected chi connectivity index (χ2v) is 16.3. The molecular formula is C60H41NO. The van der Waals surface area contributed by atoms with Gasteiger partial charge < -0.3 is 9.32 Å². The Morgan fingerprint density at radius 1 is 0.387 bits per heavy atom. The highest BCUT2D eigenvalue weighted by atomic mass is 16.3. The molecule has 0 saturated carbocycles. The minimum atomic E-state index is -0.0353. The number of anilines is 2. The lowest BCUT2D eigenvalue weighted by Crippen LogP contribution is -2.36. The Labute approximate surface area is 360 Å². The summed E-state index contributed by atoms with van der Waals surface area (Å²) in [5.41, 5.74) is 13.7. The second-order valence-electron chi connectivity index (χ2n) is 16.3. The van der Waals surface area contributed by atoms with Crippen molar-refractivity contribution in [1.82, 2.24) is 0 Å². The van der Waals surface area contributed by atoms with Gasteiger partial charge in [0.25, 0.3) is 0 Å². The number of hydrogen-bond donors (Lipinski definition) is 0. The van der Waals surface area contributed by atoms with Crippen molar-refractivity contribution in [3.8, 4) is 44.5 Å². The molecule has 0 amide bonds. The van der Waals surface area contributed by atoms with Crippen LogP contribution < -0.4 is 15.5 Å². The third-order valence-corrected chi connectivity index (χ3v) is 12.7. The molecule has 0 fully saturated rings. The highest BCUT2D eigenvalue weighted by molar-refractivity contribution is 6.15. The summed E-state index contributed by atoms with van der Waals surface area (Å²) in [4.78, 5) is 2.54. The van der Waals surface area contributed by atoms with Crippen molar-refractivity contribution in [2.75, 3.05) is 4.90 Å². The normalized spacial score (nSPS) is 13.5. The number of nitrogens with zero attached hydrogens (tertiary/aromatic N) is 1. The van der Waals surface area contributed by atoms with Gasteiger partial charge in [-0.1, -0.05) is 188 Å². The Morgan fingerprint density at radius 2 is 0.968 bits per heavy atom. The van der Waals surface area contributed by atoms with Crippen LogP contribution in [0, 0.1) is 0 Å². The van der Waals surface area contributed by atoms with E-state index in [4.69, 9.17) is 4.42 Å². The maximum atomic E-state index is 6.76. The topological polar surface area (TPSA) is 16.4 Å². The molecule has 0 N–H and O–H groups in total. The lowest BCUT2D eigenvalue weighted by Gasteiger charge is -2.34. The smallest absolute Gasteiger partial charge is 0.136 e. The molecule has 2 heteroatoms. The fourth-order valence-corrected chi connectivity index (χ4v) is 9.89. The highest BCUT2D eigenvalue weighted by Crippen LogP contribution is 2.45. The van der Waals surface area contributed by atoms with Crippen LogP contribution >= 0.6 is 0 Å². The number of benzene rings is 10. The molecular weight excluding hydrogens is 751 g/mol. The number of para-hydroxylation sites is 1. The van der Waals surface area contributed by atoms with E-state index in [1.165, 1.54) is 82.0 Å². The van der Waals surface area contributed by atoms with Crippen molar-refractivity contribution in [2.24, 2.45) is 0 Å². The van der Waals surface area contributed by atoms with Gasteiger partial charge >= 0.3 is 0 Å². The van der Waals surface area contributed by atoms with E-state index in [-0.39, 0.29) is 6.04 Å². The molecule has 10 aromatic carbocycles. The van der Waals surface area contributed by atoms with Crippen LogP contribution in [0.25, 0.3) is 99.9 Å². The molecule has 1 heterocycles. The second kappa shape index (κ2) is 15.0. The fraction of sp³-hybridized carbons (Fsp3) is 0.0333. The molecule has 292 valence electrons. The van der Waals surface area contributed by atoms with Gasteiger partial charge in [-0.25, -0.2) is 0 Å². The van der Waals surface area contributed by atoms with E-state index in [0.717, 1.165) is 34.2 Å². The Balaban J connectivity index is 1.07.